The number of anilines is 2. The fourth-order valence-electron chi connectivity index (χ4n) is 1.62. The monoisotopic (exact) mass is 325 g/mol. The molecule has 114 valence electrons. The number of thioether (sulfide) groups is 1. The highest BCUT2D eigenvalue weighted by Gasteiger charge is 2.05. The topological polar surface area (TPSA) is 67.3 Å². The summed E-state index contributed by atoms with van der Waals surface area (Å²) in [4.78, 5) is 0. The van der Waals surface area contributed by atoms with Crippen molar-refractivity contribution in [1.82, 2.24) is 10.2 Å². The van der Waals surface area contributed by atoms with Gasteiger partial charge in [0, 0.05) is 11.4 Å². The molecule has 2 rings (SSSR count). The van der Waals surface area contributed by atoms with Crippen LogP contribution in [-0.4, -0.2) is 40.9 Å². The average Bonchev–Trinajstić information content (AvgIpc) is 2.90. The number of aromatic nitrogens is 2. The number of aryl methyl sites for hydroxylation is 2. The number of nitrogens with zero attached hydrogens (tertiary/aromatic N) is 2. The molecule has 0 bridgehead atoms. The highest BCUT2D eigenvalue weighted by molar-refractivity contribution is 8.01. The van der Waals surface area contributed by atoms with E-state index >= 15 is 0 Å². The van der Waals surface area contributed by atoms with Crippen LogP contribution >= 0.6 is 23.1 Å². The number of rotatable bonds is 8. The van der Waals surface area contributed by atoms with Crippen LogP contribution in [0.3, 0.4) is 0 Å². The molecule has 2 aromatic rings. The van der Waals surface area contributed by atoms with Gasteiger partial charge in [0.25, 0.3) is 0 Å². The Labute approximate surface area is 132 Å². The molecule has 0 unspecified atom stereocenters. The number of aliphatic hydroxyl groups is 1. The Morgan fingerprint density at radius 2 is 2.10 bits per heavy atom. The van der Waals surface area contributed by atoms with Crippen molar-refractivity contribution in [2.24, 2.45) is 0 Å². The molecule has 0 fully saturated rings. The van der Waals surface area contributed by atoms with Crippen molar-refractivity contribution in [3.63, 3.8) is 0 Å². The van der Waals surface area contributed by atoms with Gasteiger partial charge in [-0.3, -0.25) is 0 Å². The minimum atomic E-state index is 0.0630. The molecule has 0 saturated heterocycles. The van der Waals surface area contributed by atoms with Gasteiger partial charge in [0.05, 0.1) is 19.8 Å². The average molecular weight is 325 g/mol. The molecule has 0 aliphatic carbocycles. The zero-order chi connectivity index (χ0) is 15.1. The van der Waals surface area contributed by atoms with Gasteiger partial charge in [-0.25, -0.2) is 0 Å². The normalized spacial score (nSPS) is 10.8. The maximum absolute atomic E-state index is 8.60. The summed E-state index contributed by atoms with van der Waals surface area (Å²) in [6.45, 7) is 5.24. The number of hydrogen-bond acceptors (Lipinski definition) is 7. The molecule has 0 aliphatic rings. The molecular formula is C14H19N3O2S2. The van der Waals surface area contributed by atoms with Crippen molar-refractivity contribution in [3.8, 4) is 0 Å². The summed E-state index contributed by atoms with van der Waals surface area (Å²) in [6, 6.07) is 6.23. The van der Waals surface area contributed by atoms with Crippen molar-refractivity contribution in [2.75, 3.05) is 30.9 Å². The molecule has 0 radical (unpaired) electrons. The van der Waals surface area contributed by atoms with Gasteiger partial charge in [-0.05, 0) is 37.1 Å². The molecule has 2 N–H and O–H groups in total. The van der Waals surface area contributed by atoms with Crippen LogP contribution in [0.2, 0.25) is 0 Å². The summed E-state index contributed by atoms with van der Waals surface area (Å²) >= 11 is 3.13. The highest BCUT2D eigenvalue weighted by atomic mass is 32.2. The summed E-state index contributed by atoms with van der Waals surface area (Å²) in [5, 5.41) is 20.9. The first-order chi connectivity index (χ1) is 10.2. The van der Waals surface area contributed by atoms with Gasteiger partial charge in [0.15, 0.2) is 4.34 Å². The second-order valence-corrected chi connectivity index (χ2v) is 6.80. The third kappa shape index (κ3) is 5.28. The van der Waals surface area contributed by atoms with Crippen LogP contribution in [0, 0.1) is 13.8 Å². The Balaban J connectivity index is 1.83. The number of ether oxygens (including phenoxy) is 1. The lowest BCUT2D eigenvalue weighted by Crippen LogP contribution is -2.02. The quantitative estimate of drug-likeness (QED) is 0.574. The fraction of sp³-hybridized carbons (Fsp3) is 0.429. The lowest BCUT2D eigenvalue weighted by molar-refractivity contribution is 0.103. The largest absolute Gasteiger partial charge is 0.394 e. The molecule has 0 aliphatic heterocycles. The van der Waals surface area contributed by atoms with Gasteiger partial charge in [0.2, 0.25) is 5.13 Å². The van der Waals surface area contributed by atoms with Crippen molar-refractivity contribution in [1.29, 1.82) is 0 Å². The molecule has 0 saturated carbocycles. The van der Waals surface area contributed by atoms with Crippen LogP contribution in [-0.2, 0) is 4.74 Å². The van der Waals surface area contributed by atoms with E-state index in [9.17, 15) is 0 Å². The predicted molar refractivity (Wildman–Crippen MR) is 87.7 cm³/mol. The van der Waals surface area contributed by atoms with Crippen molar-refractivity contribution in [3.05, 3.63) is 29.3 Å². The molecule has 21 heavy (non-hydrogen) atoms. The van der Waals surface area contributed by atoms with E-state index in [4.69, 9.17) is 9.84 Å². The molecule has 0 amide bonds. The summed E-state index contributed by atoms with van der Waals surface area (Å²) < 4.78 is 6.11. The minimum absolute atomic E-state index is 0.0630. The molecular weight excluding hydrogens is 306 g/mol. The number of aliphatic hydroxyl groups excluding tert-OH is 1. The van der Waals surface area contributed by atoms with E-state index in [2.05, 4.69) is 41.5 Å². The Morgan fingerprint density at radius 3 is 2.86 bits per heavy atom. The third-order valence-corrected chi connectivity index (χ3v) is 4.79. The lowest BCUT2D eigenvalue weighted by atomic mass is 10.1. The smallest absolute Gasteiger partial charge is 0.210 e. The number of nitrogens with one attached hydrogen (secondary N) is 1. The first-order valence-corrected chi connectivity index (χ1v) is 8.48. The predicted octanol–water partition coefficient (Wildman–Crippen LogP) is 3.00. The molecule has 1 aromatic carbocycles. The van der Waals surface area contributed by atoms with E-state index in [1.807, 2.05) is 6.07 Å². The lowest BCUT2D eigenvalue weighted by Gasteiger charge is -2.05. The molecule has 0 atom stereocenters. The summed E-state index contributed by atoms with van der Waals surface area (Å²) in [5.41, 5.74) is 3.55. The van der Waals surface area contributed by atoms with Crippen LogP contribution in [0.5, 0.6) is 0 Å². The highest BCUT2D eigenvalue weighted by Crippen LogP contribution is 2.28. The second-order valence-electron chi connectivity index (χ2n) is 4.48. The van der Waals surface area contributed by atoms with E-state index in [-0.39, 0.29) is 6.61 Å². The number of benzene rings is 1. The number of hydrogen-bond donors (Lipinski definition) is 2. The molecule has 0 spiro atoms. The zero-order valence-electron chi connectivity index (χ0n) is 12.1. The van der Waals surface area contributed by atoms with Crippen LogP contribution in [0.25, 0.3) is 0 Å². The van der Waals surface area contributed by atoms with Gasteiger partial charge in [0.1, 0.15) is 0 Å². The van der Waals surface area contributed by atoms with Crippen molar-refractivity contribution >= 4 is 33.9 Å². The summed E-state index contributed by atoms with van der Waals surface area (Å²) in [6.07, 6.45) is 0. The van der Waals surface area contributed by atoms with Crippen molar-refractivity contribution < 1.29 is 9.84 Å². The molecule has 5 nitrogen and oxygen atoms in total. The summed E-state index contributed by atoms with van der Waals surface area (Å²) in [7, 11) is 0. The van der Waals surface area contributed by atoms with Gasteiger partial charge >= 0.3 is 0 Å². The third-order valence-electron chi connectivity index (χ3n) is 2.85. The zero-order valence-corrected chi connectivity index (χ0v) is 13.8. The standard InChI is InChI=1S/C14H19N3O2S2/c1-10-3-4-12(9-11(10)2)15-13-16-17-14(21-13)20-8-7-19-6-5-18/h3-4,9,18H,5-8H2,1-2H3,(H,15,16). The van der Waals surface area contributed by atoms with Gasteiger partial charge in [-0.2, -0.15) is 0 Å². The Bertz CT molecular complexity index is 575. The first kappa shape index (κ1) is 16.2. The maximum atomic E-state index is 8.60. The Hall–Kier alpha value is -1.15. The van der Waals surface area contributed by atoms with Crippen LogP contribution in [0.4, 0.5) is 10.8 Å². The summed E-state index contributed by atoms with van der Waals surface area (Å²) in [5.74, 6) is 0.804. The van der Waals surface area contributed by atoms with E-state index in [0.717, 1.165) is 20.9 Å². The first-order valence-electron chi connectivity index (χ1n) is 6.68. The SMILES string of the molecule is Cc1ccc(Nc2nnc(SCCOCCO)s2)cc1C. The van der Waals surface area contributed by atoms with Crippen molar-refractivity contribution in [2.45, 2.75) is 18.2 Å². The second kappa shape index (κ2) is 8.33. The fourth-order valence-corrected chi connectivity index (χ4v) is 3.31. The van der Waals surface area contributed by atoms with E-state index in [1.54, 1.807) is 11.8 Å². The Morgan fingerprint density at radius 1 is 1.24 bits per heavy atom. The van der Waals surface area contributed by atoms with Crippen LogP contribution in [0.1, 0.15) is 11.1 Å². The van der Waals surface area contributed by atoms with Gasteiger partial charge < -0.3 is 15.2 Å². The minimum Gasteiger partial charge on any atom is -0.394 e. The van der Waals surface area contributed by atoms with Crippen LogP contribution < -0.4 is 5.32 Å². The maximum Gasteiger partial charge on any atom is 0.210 e. The van der Waals surface area contributed by atoms with E-state index < -0.39 is 0 Å². The van der Waals surface area contributed by atoms with Gasteiger partial charge in [-0.1, -0.05) is 29.2 Å². The van der Waals surface area contributed by atoms with E-state index in [1.165, 1.54) is 22.5 Å². The Kier molecular flexibility index (Phi) is 6.44. The molecule has 7 heteroatoms. The molecule has 1 heterocycles. The van der Waals surface area contributed by atoms with Crippen LogP contribution in [0.15, 0.2) is 22.5 Å². The molecule has 1 aromatic heterocycles. The van der Waals surface area contributed by atoms with Gasteiger partial charge in [-0.15, -0.1) is 10.2 Å². The van der Waals surface area contributed by atoms with E-state index in [0.29, 0.717) is 13.2 Å².